The van der Waals surface area contributed by atoms with Crippen molar-refractivity contribution in [3.8, 4) is 0 Å². The van der Waals surface area contributed by atoms with Crippen LogP contribution in [0.5, 0.6) is 0 Å². The standard InChI is InChI=1S/C13H19N5O3/c1-21-8-10(14)13(20)17-9-2-3-11(16-6-9)18-5-4-15-12(19)7-18/h2-3,6,10H,4-5,7-8,14H2,1H3,(H,15,19)(H,17,20). The highest BCUT2D eigenvalue weighted by molar-refractivity contribution is 5.94. The fraction of sp³-hybridized carbons (Fsp3) is 0.462. The minimum Gasteiger partial charge on any atom is -0.383 e. The van der Waals surface area contributed by atoms with Gasteiger partial charge in [-0.05, 0) is 12.1 Å². The lowest BCUT2D eigenvalue weighted by Crippen LogP contribution is -2.48. The van der Waals surface area contributed by atoms with Gasteiger partial charge in [0.1, 0.15) is 11.9 Å². The van der Waals surface area contributed by atoms with Crippen LogP contribution < -0.4 is 21.3 Å². The van der Waals surface area contributed by atoms with Crippen LogP contribution in [0.4, 0.5) is 11.5 Å². The summed E-state index contributed by atoms with van der Waals surface area (Å²) in [5.74, 6) is 0.346. The third-order valence-corrected chi connectivity index (χ3v) is 3.06. The molecule has 1 aliphatic rings. The second kappa shape index (κ2) is 7.00. The summed E-state index contributed by atoms with van der Waals surface area (Å²) in [6, 6.07) is 2.77. The molecule has 114 valence electrons. The Morgan fingerprint density at radius 3 is 3.05 bits per heavy atom. The van der Waals surface area contributed by atoms with Gasteiger partial charge in [-0.15, -0.1) is 0 Å². The van der Waals surface area contributed by atoms with Crippen LogP contribution in [0.25, 0.3) is 0 Å². The van der Waals surface area contributed by atoms with Gasteiger partial charge in [0.2, 0.25) is 11.8 Å². The molecule has 1 saturated heterocycles. The van der Waals surface area contributed by atoms with E-state index in [1.807, 2.05) is 4.90 Å². The predicted molar refractivity (Wildman–Crippen MR) is 77.9 cm³/mol. The summed E-state index contributed by atoms with van der Waals surface area (Å²) in [6.45, 7) is 1.76. The smallest absolute Gasteiger partial charge is 0.243 e. The van der Waals surface area contributed by atoms with Gasteiger partial charge < -0.3 is 26.0 Å². The van der Waals surface area contributed by atoms with Gasteiger partial charge in [0.25, 0.3) is 0 Å². The minimum atomic E-state index is -0.722. The predicted octanol–water partition coefficient (Wildman–Crippen LogP) is -1.07. The molecule has 0 bridgehead atoms. The molecule has 4 N–H and O–H groups in total. The van der Waals surface area contributed by atoms with Gasteiger partial charge in [0.15, 0.2) is 0 Å². The van der Waals surface area contributed by atoms with Crippen molar-refractivity contribution in [1.29, 1.82) is 0 Å². The highest BCUT2D eigenvalue weighted by Gasteiger charge is 2.18. The molecule has 1 aromatic heterocycles. The first kappa shape index (κ1) is 15.2. The minimum absolute atomic E-state index is 0.0223. The molecule has 1 aliphatic heterocycles. The number of carbonyl (C=O) groups is 2. The summed E-state index contributed by atoms with van der Waals surface area (Å²) in [6.07, 6.45) is 1.54. The number of rotatable bonds is 5. The molecular weight excluding hydrogens is 274 g/mol. The van der Waals surface area contributed by atoms with Crippen molar-refractivity contribution in [2.24, 2.45) is 5.73 Å². The van der Waals surface area contributed by atoms with Crippen LogP contribution in [-0.4, -0.2) is 56.2 Å². The van der Waals surface area contributed by atoms with Crippen molar-refractivity contribution in [2.75, 3.05) is 43.6 Å². The normalized spacial score (nSPS) is 16.3. The second-order valence-corrected chi connectivity index (χ2v) is 4.73. The lowest BCUT2D eigenvalue weighted by atomic mass is 10.3. The van der Waals surface area contributed by atoms with E-state index in [0.717, 1.165) is 0 Å². The van der Waals surface area contributed by atoms with E-state index in [1.165, 1.54) is 7.11 Å². The molecule has 0 aliphatic carbocycles. The molecule has 1 unspecified atom stereocenters. The third kappa shape index (κ3) is 4.14. The quantitative estimate of drug-likeness (QED) is 0.638. The van der Waals surface area contributed by atoms with E-state index in [-0.39, 0.29) is 25.0 Å². The molecule has 21 heavy (non-hydrogen) atoms. The number of nitrogens with one attached hydrogen (secondary N) is 2. The summed E-state index contributed by atoms with van der Waals surface area (Å²) < 4.78 is 4.82. The highest BCUT2D eigenvalue weighted by Crippen LogP contribution is 2.14. The molecule has 0 radical (unpaired) electrons. The molecule has 0 saturated carbocycles. The van der Waals surface area contributed by atoms with E-state index in [9.17, 15) is 9.59 Å². The average Bonchev–Trinajstić information content (AvgIpc) is 2.48. The Balaban J connectivity index is 1.95. The number of piperazine rings is 1. The molecule has 8 nitrogen and oxygen atoms in total. The number of pyridine rings is 1. The zero-order valence-corrected chi connectivity index (χ0v) is 11.8. The molecule has 2 rings (SSSR count). The highest BCUT2D eigenvalue weighted by atomic mass is 16.5. The van der Waals surface area contributed by atoms with Crippen molar-refractivity contribution >= 4 is 23.3 Å². The number of hydrogen-bond acceptors (Lipinski definition) is 6. The van der Waals surface area contributed by atoms with Gasteiger partial charge in [0, 0.05) is 20.2 Å². The third-order valence-electron chi connectivity index (χ3n) is 3.06. The summed E-state index contributed by atoms with van der Waals surface area (Å²) in [4.78, 5) is 29.2. The van der Waals surface area contributed by atoms with Crippen molar-refractivity contribution in [3.63, 3.8) is 0 Å². The summed E-state index contributed by atoms with van der Waals surface area (Å²) in [7, 11) is 1.48. The Hall–Kier alpha value is -2.19. The van der Waals surface area contributed by atoms with Crippen LogP contribution in [-0.2, 0) is 14.3 Å². The van der Waals surface area contributed by atoms with Crippen molar-refractivity contribution < 1.29 is 14.3 Å². The van der Waals surface area contributed by atoms with Gasteiger partial charge in [-0.25, -0.2) is 4.98 Å². The van der Waals surface area contributed by atoms with Gasteiger partial charge in [-0.3, -0.25) is 9.59 Å². The SMILES string of the molecule is COCC(N)C(=O)Nc1ccc(N2CCNC(=O)C2)nc1. The topological polar surface area (TPSA) is 110 Å². The van der Waals surface area contributed by atoms with E-state index in [4.69, 9.17) is 10.5 Å². The molecule has 2 heterocycles. The fourth-order valence-corrected chi connectivity index (χ4v) is 1.97. The van der Waals surface area contributed by atoms with E-state index in [1.54, 1.807) is 18.3 Å². The zero-order valence-electron chi connectivity index (χ0n) is 11.8. The van der Waals surface area contributed by atoms with Crippen LogP contribution >= 0.6 is 0 Å². The van der Waals surface area contributed by atoms with Crippen LogP contribution in [0, 0.1) is 0 Å². The van der Waals surface area contributed by atoms with E-state index >= 15 is 0 Å². The number of hydrogen-bond donors (Lipinski definition) is 3. The van der Waals surface area contributed by atoms with Gasteiger partial charge >= 0.3 is 0 Å². The molecule has 2 amide bonds. The monoisotopic (exact) mass is 293 g/mol. The Labute approximate surface area is 122 Å². The van der Waals surface area contributed by atoms with Gasteiger partial charge in [-0.2, -0.15) is 0 Å². The summed E-state index contributed by atoms with van der Waals surface area (Å²) in [5, 5.41) is 5.41. The number of ether oxygens (including phenoxy) is 1. The number of nitrogens with two attached hydrogens (primary N) is 1. The molecule has 1 aromatic rings. The van der Waals surface area contributed by atoms with Gasteiger partial charge in [-0.1, -0.05) is 0 Å². The summed E-state index contributed by atoms with van der Waals surface area (Å²) >= 11 is 0. The van der Waals surface area contributed by atoms with E-state index < -0.39 is 6.04 Å². The molecule has 0 spiro atoms. The number of methoxy groups -OCH3 is 1. The maximum atomic E-state index is 11.7. The maximum absolute atomic E-state index is 11.7. The molecular formula is C13H19N5O3. The second-order valence-electron chi connectivity index (χ2n) is 4.73. The van der Waals surface area contributed by atoms with Crippen molar-refractivity contribution in [3.05, 3.63) is 18.3 Å². The Kier molecular flexibility index (Phi) is 5.07. The van der Waals surface area contributed by atoms with Crippen LogP contribution in [0.15, 0.2) is 18.3 Å². The largest absolute Gasteiger partial charge is 0.383 e. The van der Waals surface area contributed by atoms with E-state index in [0.29, 0.717) is 24.6 Å². The van der Waals surface area contributed by atoms with Gasteiger partial charge in [0.05, 0.1) is 25.0 Å². The van der Waals surface area contributed by atoms with Crippen molar-refractivity contribution in [2.45, 2.75) is 6.04 Å². The summed E-state index contributed by atoms with van der Waals surface area (Å²) in [5.41, 5.74) is 6.18. The Bertz CT molecular complexity index is 505. The number of anilines is 2. The van der Waals surface area contributed by atoms with Crippen molar-refractivity contribution in [1.82, 2.24) is 10.3 Å². The zero-order chi connectivity index (χ0) is 15.2. The first-order valence-corrected chi connectivity index (χ1v) is 6.63. The molecule has 1 atom stereocenters. The first-order valence-electron chi connectivity index (χ1n) is 6.63. The molecule has 8 heteroatoms. The van der Waals surface area contributed by atoms with Crippen LogP contribution in [0.3, 0.4) is 0 Å². The molecule has 0 aromatic carbocycles. The molecule has 1 fully saturated rings. The fourth-order valence-electron chi connectivity index (χ4n) is 1.97. The number of amides is 2. The van der Waals surface area contributed by atoms with Crippen LogP contribution in [0.1, 0.15) is 0 Å². The lowest BCUT2D eigenvalue weighted by molar-refractivity contribution is -0.120. The lowest BCUT2D eigenvalue weighted by Gasteiger charge is -2.27. The van der Waals surface area contributed by atoms with Crippen LogP contribution in [0.2, 0.25) is 0 Å². The Morgan fingerprint density at radius 1 is 1.62 bits per heavy atom. The number of nitrogens with zero attached hydrogens (tertiary/aromatic N) is 2. The average molecular weight is 293 g/mol. The Morgan fingerprint density at radius 2 is 2.43 bits per heavy atom. The maximum Gasteiger partial charge on any atom is 0.243 e. The number of aromatic nitrogens is 1. The van der Waals surface area contributed by atoms with E-state index in [2.05, 4.69) is 15.6 Å². The first-order chi connectivity index (χ1) is 10.1. The number of carbonyl (C=O) groups excluding carboxylic acids is 2.